The zero-order valence-electron chi connectivity index (χ0n) is 15.2. The highest BCUT2D eigenvalue weighted by atomic mass is 16.5. The Hall–Kier alpha value is -2.40. The number of likely N-dealkylation sites (N-methyl/N-ethyl adjacent to an activating group) is 2. The molecular formula is C20H28N4O. The fraction of sp³-hybridized carbons (Fsp3) is 0.400. The molecule has 5 nitrogen and oxygen atoms in total. The number of para-hydroxylation sites is 4. The van der Waals surface area contributed by atoms with Crippen LogP contribution in [0.3, 0.4) is 0 Å². The van der Waals surface area contributed by atoms with Crippen LogP contribution in [-0.4, -0.2) is 53.5 Å². The van der Waals surface area contributed by atoms with Gasteiger partial charge in [-0.05, 0) is 24.3 Å². The minimum absolute atomic E-state index is 0.696. The SMILES string of the molecule is CN1CCN(C)c2ccccc2NCCOCCNc2ccccc21. The van der Waals surface area contributed by atoms with Gasteiger partial charge in [0.05, 0.1) is 36.0 Å². The molecule has 134 valence electrons. The van der Waals surface area contributed by atoms with Crippen LogP contribution in [0.1, 0.15) is 0 Å². The second-order valence-electron chi connectivity index (χ2n) is 6.34. The lowest BCUT2D eigenvalue weighted by atomic mass is 10.2. The van der Waals surface area contributed by atoms with Gasteiger partial charge in [-0.3, -0.25) is 0 Å². The second kappa shape index (κ2) is 8.62. The van der Waals surface area contributed by atoms with Gasteiger partial charge in [-0.2, -0.15) is 0 Å². The number of ether oxygens (including phenoxy) is 1. The summed E-state index contributed by atoms with van der Waals surface area (Å²) in [6, 6.07) is 16.9. The third kappa shape index (κ3) is 4.57. The third-order valence-electron chi connectivity index (χ3n) is 4.53. The summed E-state index contributed by atoms with van der Waals surface area (Å²) in [5.74, 6) is 0. The Morgan fingerprint density at radius 1 is 0.720 bits per heavy atom. The molecule has 5 heteroatoms. The topological polar surface area (TPSA) is 39.8 Å². The van der Waals surface area contributed by atoms with Crippen LogP contribution in [0.25, 0.3) is 0 Å². The highest BCUT2D eigenvalue weighted by molar-refractivity contribution is 5.71. The lowest BCUT2D eigenvalue weighted by Gasteiger charge is -2.28. The molecule has 0 bridgehead atoms. The van der Waals surface area contributed by atoms with Crippen LogP contribution in [0.15, 0.2) is 48.5 Å². The number of nitrogens with zero attached hydrogens (tertiary/aromatic N) is 2. The first-order chi connectivity index (χ1) is 12.3. The summed E-state index contributed by atoms with van der Waals surface area (Å²) in [6.07, 6.45) is 0. The van der Waals surface area contributed by atoms with Crippen LogP contribution in [0, 0.1) is 0 Å². The number of hydrogen-bond acceptors (Lipinski definition) is 5. The predicted octanol–water partition coefficient (Wildman–Crippen LogP) is 3.11. The molecular weight excluding hydrogens is 312 g/mol. The van der Waals surface area contributed by atoms with Crippen molar-refractivity contribution in [2.24, 2.45) is 0 Å². The highest BCUT2D eigenvalue weighted by Gasteiger charge is 2.11. The van der Waals surface area contributed by atoms with E-state index in [1.54, 1.807) is 0 Å². The van der Waals surface area contributed by atoms with Gasteiger partial charge in [0.25, 0.3) is 0 Å². The van der Waals surface area contributed by atoms with Gasteiger partial charge in [-0.1, -0.05) is 24.3 Å². The van der Waals surface area contributed by atoms with Crippen LogP contribution in [0.4, 0.5) is 22.7 Å². The Balaban J connectivity index is 1.80. The zero-order valence-corrected chi connectivity index (χ0v) is 15.2. The summed E-state index contributed by atoms with van der Waals surface area (Å²) in [5.41, 5.74) is 4.75. The van der Waals surface area contributed by atoms with E-state index in [-0.39, 0.29) is 0 Å². The van der Waals surface area contributed by atoms with E-state index < -0.39 is 0 Å². The van der Waals surface area contributed by atoms with E-state index in [9.17, 15) is 0 Å². The van der Waals surface area contributed by atoms with E-state index in [1.807, 2.05) is 0 Å². The molecule has 0 atom stereocenters. The van der Waals surface area contributed by atoms with Crippen molar-refractivity contribution in [1.29, 1.82) is 0 Å². The Kier molecular flexibility index (Phi) is 6.01. The van der Waals surface area contributed by atoms with Gasteiger partial charge in [0.2, 0.25) is 0 Å². The second-order valence-corrected chi connectivity index (χ2v) is 6.34. The van der Waals surface area contributed by atoms with Gasteiger partial charge in [0.15, 0.2) is 0 Å². The molecule has 25 heavy (non-hydrogen) atoms. The van der Waals surface area contributed by atoms with Crippen molar-refractivity contribution in [2.75, 3.05) is 73.9 Å². The highest BCUT2D eigenvalue weighted by Crippen LogP contribution is 2.26. The average molecular weight is 340 g/mol. The smallest absolute Gasteiger partial charge is 0.0639 e. The molecule has 0 aliphatic carbocycles. The molecule has 0 unspecified atom stereocenters. The standard InChI is InChI=1S/C20H28N4O/c1-23-13-14-24(2)20-10-6-4-8-18(20)22-12-16-25-15-11-21-17-7-3-5-9-19(17)23/h3-10,21-22H,11-16H2,1-2H3. The molecule has 1 aliphatic heterocycles. The maximum absolute atomic E-state index is 5.74. The maximum Gasteiger partial charge on any atom is 0.0639 e. The van der Waals surface area contributed by atoms with Crippen molar-refractivity contribution in [1.82, 2.24) is 0 Å². The van der Waals surface area contributed by atoms with Crippen LogP contribution < -0.4 is 20.4 Å². The van der Waals surface area contributed by atoms with Gasteiger partial charge in [0.1, 0.15) is 0 Å². The van der Waals surface area contributed by atoms with Gasteiger partial charge in [0, 0.05) is 40.3 Å². The van der Waals surface area contributed by atoms with Crippen molar-refractivity contribution >= 4 is 22.7 Å². The average Bonchev–Trinajstić information content (AvgIpc) is 2.65. The lowest BCUT2D eigenvalue weighted by molar-refractivity contribution is 0.154. The number of nitrogens with one attached hydrogen (secondary N) is 2. The molecule has 0 amide bonds. The van der Waals surface area contributed by atoms with E-state index >= 15 is 0 Å². The molecule has 1 aliphatic rings. The maximum atomic E-state index is 5.74. The molecule has 0 fully saturated rings. The van der Waals surface area contributed by atoms with Crippen molar-refractivity contribution in [3.05, 3.63) is 48.5 Å². The van der Waals surface area contributed by atoms with Crippen molar-refractivity contribution in [3.63, 3.8) is 0 Å². The lowest BCUT2D eigenvalue weighted by Crippen LogP contribution is -2.31. The molecule has 1 heterocycles. The molecule has 2 aromatic rings. The van der Waals surface area contributed by atoms with E-state index in [2.05, 4.69) is 83.1 Å². The summed E-state index contributed by atoms with van der Waals surface area (Å²) in [4.78, 5) is 4.60. The summed E-state index contributed by atoms with van der Waals surface area (Å²) in [5, 5.41) is 6.98. The van der Waals surface area contributed by atoms with E-state index in [1.165, 1.54) is 11.4 Å². The van der Waals surface area contributed by atoms with Gasteiger partial charge < -0.3 is 25.2 Å². The molecule has 0 saturated carbocycles. The van der Waals surface area contributed by atoms with Gasteiger partial charge >= 0.3 is 0 Å². The van der Waals surface area contributed by atoms with Crippen molar-refractivity contribution < 1.29 is 4.74 Å². The molecule has 0 radical (unpaired) electrons. The number of hydrogen-bond donors (Lipinski definition) is 2. The molecule has 0 saturated heterocycles. The number of fused-ring (bicyclic) bond motifs is 2. The fourth-order valence-corrected chi connectivity index (χ4v) is 3.07. The van der Waals surface area contributed by atoms with Gasteiger partial charge in [-0.15, -0.1) is 0 Å². The largest absolute Gasteiger partial charge is 0.381 e. The van der Waals surface area contributed by atoms with E-state index in [0.29, 0.717) is 13.2 Å². The molecule has 3 rings (SSSR count). The Morgan fingerprint density at radius 2 is 1.16 bits per heavy atom. The minimum Gasteiger partial charge on any atom is -0.381 e. The monoisotopic (exact) mass is 340 g/mol. The Bertz CT molecular complexity index is 619. The van der Waals surface area contributed by atoms with Crippen LogP contribution >= 0.6 is 0 Å². The molecule has 0 spiro atoms. The summed E-state index contributed by atoms with van der Waals surface area (Å²) in [7, 11) is 4.29. The summed E-state index contributed by atoms with van der Waals surface area (Å²) < 4.78 is 5.74. The zero-order chi connectivity index (χ0) is 17.5. The molecule has 0 aromatic heterocycles. The first-order valence-corrected chi connectivity index (χ1v) is 8.91. The molecule has 2 aromatic carbocycles. The van der Waals surface area contributed by atoms with Gasteiger partial charge in [-0.25, -0.2) is 0 Å². The Labute approximate surface area is 150 Å². The number of benzene rings is 2. The first-order valence-electron chi connectivity index (χ1n) is 8.91. The summed E-state index contributed by atoms with van der Waals surface area (Å²) >= 11 is 0. The van der Waals surface area contributed by atoms with Crippen LogP contribution in [0.2, 0.25) is 0 Å². The predicted molar refractivity (Wildman–Crippen MR) is 107 cm³/mol. The van der Waals surface area contributed by atoms with Crippen LogP contribution in [0.5, 0.6) is 0 Å². The fourth-order valence-electron chi connectivity index (χ4n) is 3.07. The van der Waals surface area contributed by atoms with Crippen LogP contribution in [-0.2, 0) is 4.74 Å². The summed E-state index contributed by atoms with van der Waals surface area (Å²) in [6.45, 7) is 4.89. The number of anilines is 4. The van der Waals surface area contributed by atoms with Crippen molar-refractivity contribution in [2.45, 2.75) is 0 Å². The molecule has 2 N–H and O–H groups in total. The quantitative estimate of drug-likeness (QED) is 0.771. The Morgan fingerprint density at radius 3 is 1.64 bits per heavy atom. The van der Waals surface area contributed by atoms with Crippen molar-refractivity contribution in [3.8, 4) is 0 Å². The normalized spacial score (nSPS) is 16.6. The van der Waals surface area contributed by atoms with E-state index in [4.69, 9.17) is 4.74 Å². The minimum atomic E-state index is 0.696. The number of rotatable bonds is 0. The third-order valence-corrected chi connectivity index (χ3v) is 4.53. The first kappa shape index (κ1) is 17.4. The van der Waals surface area contributed by atoms with E-state index in [0.717, 1.165) is 37.6 Å².